The third-order valence-electron chi connectivity index (χ3n) is 1.31. The summed E-state index contributed by atoms with van der Waals surface area (Å²) >= 11 is 3.30. The second-order valence-electron chi connectivity index (χ2n) is 2.28. The van der Waals surface area contributed by atoms with E-state index in [9.17, 15) is 0 Å². The summed E-state index contributed by atoms with van der Waals surface area (Å²) in [7, 11) is 0. The molecule has 0 amide bonds. The molecule has 0 unspecified atom stereocenters. The maximum atomic E-state index is 8.52. The summed E-state index contributed by atoms with van der Waals surface area (Å²) in [6, 6.07) is 0. The van der Waals surface area contributed by atoms with Crippen LogP contribution in [0.2, 0.25) is 0 Å². The van der Waals surface area contributed by atoms with Crippen LogP contribution < -0.4 is 5.32 Å². The monoisotopic (exact) mass is 231 g/mol. The highest BCUT2D eigenvalue weighted by atomic mass is 79.9. The van der Waals surface area contributed by atoms with Crippen LogP contribution >= 0.6 is 15.9 Å². The number of aromatic nitrogens is 2. The lowest BCUT2D eigenvalue weighted by molar-refractivity contribution is 0.311. The van der Waals surface area contributed by atoms with Crippen LogP contribution in [-0.4, -0.2) is 28.2 Å². The van der Waals surface area contributed by atoms with Gasteiger partial charge >= 0.3 is 0 Å². The second-order valence-corrected chi connectivity index (χ2v) is 3.13. The Hall–Kier alpha value is -0.680. The smallest absolute Gasteiger partial charge is 0.222 e. The summed E-state index contributed by atoms with van der Waals surface area (Å²) in [4.78, 5) is 8.13. The number of anilines is 1. The number of aliphatic hydroxyl groups excluding tert-OH is 1. The van der Waals surface area contributed by atoms with E-state index in [-0.39, 0.29) is 6.61 Å². The summed E-state index contributed by atoms with van der Waals surface area (Å²) in [5.74, 6) is 0.546. The van der Waals surface area contributed by atoms with E-state index in [1.807, 2.05) is 6.92 Å². The number of hydrogen-bond acceptors (Lipinski definition) is 4. The molecule has 0 atom stereocenters. The van der Waals surface area contributed by atoms with Gasteiger partial charge < -0.3 is 10.4 Å². The molecule has 1 aromatic heterocycles. The molecule has 0 saturated heterocycles. The predicted octanol–water partition coefficient (Wildman–Crippen LogP) is 0.952. The third kappa shape index (κ3) is 2.42. The molecule has 0 aliphatic rings. The lowest BCUT2D eigenvalue weighted by Crippen LogP contribution is -2.08. The number of aliphatic hydroxyl groups is 1. The van der Waals surface area contributed by atoms with Gasteiger partial charge in [0.25, 0.3) is 0 Å². The van der Waals surface area contributed by atoms with Gasteiger partial charge in [-0.1, -0.05) is 0 Å². The third-order valence-corrected chi connectivity index (χ3v) is 2.09. The van der Waals surface area contributed by atoms with E-state index in [2.05, 4.69) is 31.2 Å². The van der Waals surface area contributed by atoms with E-state index in [1.54, 1.807) is 6.20 Å². The maximum Gasteiger partial charge on any atom is 0.222 e. The summed E-state index contributed by atoms with van der Waals surface area (Å²) in [6.45, 7) is 2.44. The van der Waals surface area contributed by atoms with Crippen LogP contribution in [0.4, 0.5) is 5.95 Å². The van der Waals surface area contributed by atoms with Gasteiger partial charge in [-0.3, -0.25) is 0 Å². The Morgan fingerprint density at radius 3 is 3.00 bits per heavy atom. The van der Waals surface area contributed by atoms with Gasteiger partial charge in [0, 0.05) is 12.7 Å². The summed E-state index contributed by atoms with van der Waals surface area (Å²) < 4.78 is 0.886. The zero-order valence-electron chi connectivity index (χ0n) is 6.71. The lowest BCUT2D eigenvalue weighted by atomic mass is 10.5. The molecule has 66 valence electrons. The highest BCUT2D eigenvalue weighted by molar-refractivity contribution is 9.10. The number of rotatable bonds is 3. The van der Waals surface area contributed by atoms with Gasteiger partial charge in [0.1, 0.15) is 0 Å². The van der Waals surface area contributed by atoms with Crippen molar-refractivity contribution in [3.63, 3.8) is 0 Å². The van der Waals surface area contributed by atoms with Gasteiger partial charge in [-0.25, -0.2) is 9.97 Å². The fourth-order valence-corrected chi connectivity index (χ4v) is 0.896. The van der Waals surface area contributed by atoms with Crippen LogP contribution in [0.3, 0.4) is 0 Å². The van der Waals surface area contributed by atoms with Gasteiger partial charge in [0.05, 0.1) is 16.8 Å². The molecule has 0 spiro atoms. The molecule has 0 bridgehead atoms. The number of nitrogens with zero attached hydrogens (tertiary/aromatic N) is 2. The molecular formula is C7H10BrN3O. The van der Waals surface area contributed by atoms with Crippen LogP contribution in [0.5, 0.6) is 0 Å². The quantitative estimate of drug-likeness (QED) is 0.814. The normalized spacial score (nSPS) is 9.92. The molecule has 2 N–H and O–H groups in total. The van der Waals surface area contributed by atoms with E-state index in [1.165, 1.54) is 0 Å². The number of hydrogen-bond donors (Lipinski definition) is 2. The maximum absolute atomic E-state index is 8.52. The molecule has 12 heavy (non-hydrogen) atoms. The van der Waals surface area contributed by atoms with E-state index in [0.717, 1.165) is 10.2 Å². The van der Waals surface area contributed by atoms with E-state index in [0.29, 0.717) is 12.5 Å². The molecule has 4 nitrogen and oxygen atoms in total. The number of halogens is 1. The highest BCUT2D eigenvalue weighted by Crippen LogP contribution is 2.12. The first kappa shape index (κ1) is 9.41. The van der Waals surface area contributed by atoms with Gasteiger partial charge in [0.15, 0.2) is 0 Å². The fraction of sp³-hybridized carbons (Fsp3) is 0.429. The Balaban J connectivity index is 2.69. The van der Waals surface area contributed by atoms with Crippen molar-refractivity contribution in [2.24, 2.45) is 0 Å². The van der Waals surface area contributed by atoms with Crippen LogP contribution in [0.15, 0.2) is 10.7 Å². The molecule has 1 rings (SSSR count). The van der Waals surface area contributed by atoms with E-state index >= 15 is 0 Å². The van der Waals surface area contributed by atoms with Crippen LogP contribution in [0.1, 0.15) is 5.69 Å². The van der Waals surface area contributed by atoms with Crippen molar-refractivity contribution in [2.75, 3.05) is 18.5 Å². The zero-order valence-corrected chi connectivity index (χ0v) is 8.30. The van der Waals surface area contributed by atoms with Crippen molar-refractivity contribution in [1.29, 1.82) is 0 Å². The van der Waals surface area contributed by atoms with Crippen molar-refractivity contribution in [3.8, 4) is 0 Å². The van der Waals surface area contributed by atoms with Crippen molar-refractivity contribution in [3.05, 3.63) is 16.4 Å². The van der Waals surface area contributed by atoms with Crippen molar-refractivity contribution in [1.82, 2.24) is 9.97 Å². The molecule has 0 fully saturated rings. The van der Waals surface area contributed by atoms with Crippen LogP contribution in [0, 0.1) is 6.92 Å². The van der Waals surface area contributed by atoms with Crippen molar-refractivity contribution in [2.45, 2.75) is 6.92 Å². The molecule has 0 aliphatic carbocycles. The Labute approximate surface area is 79.2 Å². The Morgan fingerprint density at radius 1 is 1.67 bits per heavy atom. The summed E-state index contributed by atoms with van der Waals surface area (Å²) in [5.41, 5.74) is 0.880. The molecule has 5 heteroatoms. The number of aryl methyl sites for hydroxylation is 1. The minimum atomic E-state index is 0.0818. The first-order valence-corrected chi connectivity index (χ1v) is 4.37. The minimum absolute atomic E-state index is 0.0818. The molecule has 0 aliphatic heterocycles. The number of nitrogens with one attached hydrogen (secondary N) is 1. The summed E-state index contributed by atoms with van der Waals surface area (Å²) in [5, 5.41) is 11.4. The molecular weight excluding hydrogens is 222 g/mol. The molecule has 0 aromatic carbocycles. The van der Waals surface area contributed by atoms with Gasteiger partial charge in [-0.15, -0.1) is 0 Å². The molecule has 0 radical (unpaired) electrons. The Bertz CT molecular complexity index is 267. The Kier molecular flexibility index (Phi) is 3.43. The van der Waals surface area contributed by atoms with E-state index in [4.69, 9.17) is 5.11 Å². The van der Waals surface area contributed by atoms with Crippen molar-refractivity contribution < 1.29 is 5.11 Å². The molecule has 0 saturated carbocycles. The largest absolute Gasteiger partial charge is 0.395 e. The lowest BCUT2D eigenvalue weighted by Gasteiger charge is -2.03. The molecule has 1 heterocycles. The zero-order chi connectivity index (χ0) is 8.97. The average molecular weight is 232 g/mol. The standard InChI is InChI=1S/C7H10BrN3O/c1-5-6(8)4-10-7(11-5)9-2-3-12/h4,12H,2-3H2,1H3,(H,9,10,11). The van der Waals surface area contributed by atoms with E-state index < -0.39 is 0 Å². The second kappa shape index (κ2) is 4.37. The topological polar surface area (TPSA) is 58.0 Å². The minimum Gasteiger partial charge on any atom is -0.395 e. The molecule has 1 aromatic rings. The first-order valence-electron chi connectivity index (χ1n) is 3.58. The Morgan fingerprint density at radius 2 is 2.42 bits per heavy atom. The SMILES string of the molecule is Cc1nc(NCCO)ncc1Br. The summed E-state index contributed by atoms with van der Waals surface area (Å²) in [6.07, 6.45) is 1.68. The van der Waals surface area contributed by atoms with Gasteiger partial charge in [-0.2, -0.15) is 0 Å². The fourth-order valence-electron chi connectivity index (χ4n) is 0.705. The van der Waals surface area contributed by atoms with Crippen LogP contribution in [0.25, 0.3) is 0 Å². The predicted molar refractivity (Wildman–Crippen MR) is 50.0 cm³/mol. The average Bonchev–Trinajstić information content (AvgIpc) is 2.07. The van der Waals surface area contributed by atoms with Gasteiger partial charge in [-0.05, 0) is 22.9 Å². The van der Waals surface area contributed by atoms with Crippen LogP contribution in [-0.2, 0) is 0 Å². The first-order chi connectivity index (χ1) is 5.74. The van der Waals surface area contributed by atoms with Crippen molar-refractivity contribution >= 4 is 21.9 Å². The van der Waals surface area contributed by atoms with Gasteiger partial charge in [0.2, 0.25) is 5.95 Å². The highest BCUT2D eigenvalue weighted by Gasteiger charge is 1.98.